The summed E-state index contributed by atoms with van der Waals surface area (Å²) in [6, 6.07) is 10.6. The molecule has 104 valence electrons. The standard InChI is InChI=1S/C15H13Cl2NO2/c1-19-12-5-6-15(20-2)14(8-12)18-9-10-3-4-11(16)7-13(10)17/h3-9H,1-2H3. The number of nitrogens with zero attached hydrogens (tertiary/aromatic N) is 1. The first-order valence-corrected chi connectivity index (χ1v) is 6.61. The van der Waals surface area contributed by atoms with E-state index in [9.17, 15) is 0 Å². The van der Waals surface area contributed by atoms with Crippen molar-refractivity contribution >= 4 is 35.1 Å². The molecule has 0 spiro atoms. The van der Waals surface area contributed by atoms with Crippen molar-refractivity contribution in [3.05, 3.63) is 52.0 Å². The molecule has 5 heteroatoms. The zero-order valence-corrected chi connectivity index (χ0v) is 12.6. The maximum Gasteiger partial charge on any atom is 0.144 e. The zero-order valence-electron chi connectivity index (χ0n) is 11.1. The van der Waals surface area contributed by atoms with E-state index in [1.807, 2.05) is 6.07 Å². The van der Waals surface area contributed by atoms with Gasteiger partial charge in [0.05, 0.1) is 19.2 Å². The molecule has 0 aliphatic rings. The lowest BCUT2D eigenvalue weighted by atomic mass is 10.2. The van der Waals surface area contributed by atoms with Crippen molar-refractivity contribution < 1.29 is 9.47 Å². The highest BCUT2D eigenvalue weighted by Crippen LogP contribution is 2.31. The smallest absolute Gasteiger partial charge is 0.144 e. The number of rotatable bonds is 4. The molecule has 0 aromatic heterocycles. The van der Waals surface area contributed by atoms with Crippen LogP contribution in [0.15, 0.2) is 41.4 Å². The van der Waals surface area contributed by atoms with Gasteiger partial charge in [0.1, 0.15) is 17.2 Å². The molecule has 0 unspecified atom stereocenters. The quantitative estimate of drug-likeness (QED) is 0.762. The molecule has 2 aromatic carbocycles. The second-order valence-corrected chi connectivity index (χ2v) is 4.81. The topological polar surface area (TPSA) is 30.8 Å². The van der Waals surface area contributed by atoms with Gasteiger partial charge in [-0.25, -0.2) is 0 Å². The van der Waals surface area contributed by atoms with Gasteiger partial charge < -0.3 is 9.47 Å². The molecule has 0 saturated carbocycles. The van der Waals surface area contributed by atoms with E-state index in [0.29, 0.717) is 27.2 Å². The predicted octanol–water partition coefficient (Wildman–Crippen LogP) is 4.76. The Labute approximate surface area is 127 Å². The molecule has 0 heterocycles. The fourth-order valence-corrected chi connectivity index (χ4v) is 2.10. The third kappa shape index (κ3) is 3.44. The van der Waals surface area contributed by atoms with Crippen molar-refractivity contribution in [2.75, 3.05) is 14.2 Å². The summed E-state index contributed by atoms with van der Waals surface area (Å²) in [4.78, 5) is 4.39. The predicted molar refractivity (Wildman–Crippen MR) is 83.3 cm³/mol. The number of benzene rings is 2. The minimum atomic E-state index is 0.545. The molecule has 0 amide bonds. The van der Waals surface area contributed by atoms with Crippen LogP contribution >= 0.6 is 23.2 Å². The van der Waals surface area contributed by atoms with Crippen LogP contribution in [0.2, 0.25) is 10.0 Å². The van der Waals surface area contributed by atoms with Gasteiger partial charge in [-0.1, -0.05) is 29.3 Å². The molecule has 2 rings (SSSR count). The van der Waals surface area contributed by atoms with Gasteiger partial charge in [-0.2, -0.15) is 0 Å². The Hall–Kier alpha value is -1.71. The monoisotopic (exact) mass is 309 g/mol. The van der Waals surface area contributed by atoms with E-state index in [1.165, 1.54) is 0 Å². The van der Waals surface area contributed by atoms with E-state index in [-0.39, 0.29) is 0 Å². The van der Waals surface area contributed by atoms with Gasteiger partial charge in [-0.15, -0.1) is 0 Å². The fraction of sp³-hybridized carbons (Fsp3) is 0.133. The average Bonchev–Trinajstić information content (AvgIpc) is 2.46. The van der Waals surface area contributed by atoms with Crippen LogP contribution < -0.4 is 9.47 Å². The van der Waals surface area contributed by atoms with Crippen LogP contribution in [0, 0.1) is 0 Å². The Morgan fingerprint density at radius 3 is 2.45 bits per heavy atom. The second kappa shape index (κ2) is 6.64. The fourth-order valence-electron chi connectivity index (χ4n) is 1.64. The lowest BCUT2D eigenvalue weighted by molar-refractivity contribution is 0.404. The summed E-state index contributed by atoms with van der Waals surface area (Å²) in [5, 5.41) is 1.13. The van der Waals surface area contributed by atoms with E-state index < -0.39 is 0 Å². The highest BCUT2D eigenvalue weighted by atomic mass is 35.5. The van der Waals surface area contributed by atoms with Crippen LogP contribution in [0.3, 0.4) is 0 Å². The Balaban J connectivity index is 2.34. The molecule has 3 nitrogen and oxygen atoms in total. The molecule has 0 saturated heterocycles. The van der Waals surface area contributed by atoms with Crippen molar-refractivity contribution in [2.24, 2.45) is 4.99 Å². The van der Waals surface area contributed by atoms with Gasteiger partial charge in [0.15, 0.2) is 0 Å². The summed E-state index contributed by atoms with van der Waals surface area (Å²) >= 11 is 12.0. The molecule has 0 aliphatic carbocycles. The van der Waals surface area contributed by atoms with Crippen molar-refractivity contribution in [1.29, 1.82) is 0 Å². The first kappa shape index (κ1) is 14.7. The number of hydrogen-bond acceptors (Lipinski definition) is 3. The van der Waals surface area contributed by atoms with Crippen LogP contribution in [0.1, 0.15) is 5.56 Å². The van der Waals surface area contributed by atoms with Crippen molar-refractivity contribution in [1.82, 2.24) is 0 Å². The Morgan fingerprint density at radius 1 is 1.00 bits per heavy atom. The summed E-state index contributed by atoms with van der Waals surface area (Å²) in [6.45, 7) is 0. The lowest BCUT2D eigenvalue weighted by Crippen LogP contribution is -1.88. The van der Waals surface area contributed by atoms with Crippen molar-refractivity contribution in [3.8, 4) is 11.5 Å². The zero-order chi connectivity index (χ0) is 14.5. The molecule has 0 atom stereocenters. The van der Waals surface area contributed by atoms with Crippen molar-refractivity contribution in [2.45, 2.75) is 0 Å². The Morgan fingerprint density at radius 2 is 1.80 bits per heavy atom. The van der Waals surface area contributed by atoms with Gasteiger partial charge in [0.2, 0.25) is 0 Å². The van der Waals surface area contributed by atoms with Gasteiger partial charge in [0, 0.05) is 22.9 Å². The summed E-state index contributed by atoms with van der Waals surface area (Å²) < 4.78 is 10.4. The third-order valence-electron chi connectivity index (χ3n) is 2.69. The maximum absolute atomic E-state index is 6.10. The molecule has 0 N–H and O–H groups in total. The minimum absolute atomic E-state index is 0.545. The maximum atomic E-state index is 6.10. The van der Waals surface area contributed by atoms with Crippen LogP contribution in [0.5, 0.6) is 11.5 Å². The first-order valence-electron chi connectivity index (χ1n) is 5.85. The Bertz CT molecular complexity index is 642. The summed E-state index contributed by atoms with van der Waals surface area (Å²) in [7, 11) is 3.20. The third-order valence-corrected chi connectivity index (χ3v) is 3.25. The molecule has 0 bridgehead atoms. The minimum Gasteiger partial charge on any atom is -0.497 e. The highest BCUT2D eigenvalue weighted by Gasteiger charge is 2.04. The SMILES string of the molecule is COc1ccc(OC)c(N=Cc2ccc(Cl)cc2Cl)c1. The first-order chi connectivity index (χ1) is 9.63. The van der Waals surface area contributed by atoms with Crippen LogP contribution in [0.25, 0.3) is 0 Å². The van der Waals surface area contributed by atoms with Gasteiger partial charge in [-0.05, 0) is 24.3 Å². The molecule has 2 aromatic rings. The number of methoxy groups -OCH3 is 2. The lowest BCUT2D eigenvalue weighted by Gasteiger charge is -2.06. The Kier molecular flexibility index (Phi) is 4.88. The average molecular weight is 310 g/mol. The number of ether oxygens (including phenoxy) is 2. The summed E-state index contributed by atoms with van der Waals surface area (Å²) in [5.74, 6) is 1.37. The van der Waals surface area contributed by atoms with Crippen molar-refractivity contribution in [3.63, 3.8) is 0 Å². The van der Waals surface area contributed by atoms with Gasteiger partial charge in [0.25, 0.3) is 0 Å². The highest BCUT2D eigenvalue weighted by molar-refractivity contribution is 6.36. The van der Waals surface area contributed by atoms with E-state index in [0.717, 1.165) is 5.56 Å². The van der Waals surface area contributed by atoms with Gasteiger partial charge >= 0.3 is 0 Å². The molecular formula is C15H13Cl2NO2. The van der Waals surface area contributed by atoms with Crippen LogP contribution in [-0.2, 0) is 0 Å². The number of hydrogen-bond donors (Lipinski definition) is 0. The molecule has 0 aliphatic heterocycles. The molecule has 0 radical (unpaired) electrons. The van der Waals surface area contributed by atoms with E-state index >= 15 is 0 Å². The molecule has 20 heavy (non-hydrogen) atoms. The van der Waals surface area contributed by atoms with E-state index in [4.69, 9.17) is 32.7 Å². The van der Waals surface area contributed by atoms with E-state index in [2.05, 4.69) is 4.99 Å². The summed E-state index contributed by atoms with van der Waals surface area (Å²) in [5.41, 5.74) is 1.44. The molecular weight excluding hydrogens is 297 g/mol. The van der Waals surface area contributed by atoms with Crippen LogP contribution in [-0.4, -0.2) is 20.4 Å². The normalized spacial score (nSPS) is 10.8. The van der Waals surface area contributed by atoms with E-state index in [1.54, 1.807) is 50.8 Å². The molecule has 0 fully saturated rings. The number of aliphatic imine (C=N–C) groups is 1. The second-order valence-electron chi connectivity index (χ2n) is 3.96. The van der Waals surface area contributed by atoms with Gasteiger partial charge in [-0.3, -0.25) is 4.99 Å². The van der Waals surface area contributed by atoms with Crippen LogP contribution in [0.4, 0.5) is 5.69 Å². The summed E-state index contributed by atoms with van der Waals surface area (Å²) in [6.07, 6.45) is 1.66. The number of halogens is 2. The largest absolute Gasteiger partial charge is 0.497 e.